The highest BCUT2D eigenvalue weighted by atomic mass is 79.9. The molecule has 2 aromatic rings. The molecule has 1 aromatic carbocycles. The van der Waals surface area contributed by atoms with E-state index in [9.17, 15) is 0 Å². The van der Waals surface area contributed by atoms with Gasteiger partial charge in [-0.15, -0.1) is 0 Å². The van der Waals surface area contributed by atoms with Crippen LogP contribution in [0.1, 0.15) is 5.56 Å². The van der Waals surface area contributed by atoms with E-state index in [-0.39, 0.29) is 0 Å². The van der Waals surface area contributed by atoms with Crippen molar-refractivity contribution in [2.75, 3.05) is 7.11 Å². The van der Waals surface area contributed by atoms with Gasteiger partial charge in [0.25, 0.3) is 0 Å². The topological polar surface area (TPSA) is 27.1 Å². The largest absolute Gasteiger partial charge is 0.492 e. The van der Waals surface area contributed by atoms with Crippen molar-refractivity contribution < 1.29 is 4.74 Å². The fraction of sp³-hybridized carbons (Fsp3) is 0.182. The van der Waals surface area contributed by atoms with Gasteiger partial charge in [-0.1, -0.05) is 45.7 Å². The smallest absolute Gasteiger partial charge is 0.175 e. The number of hydrogen-bond acceptors (Lipinski definition) is 2. The second kappa shape index (κ2) is 4.89. The van der Waals surface area contributed by atoms with E-state index in [1.54, 1.807) is 18.0 Å². The third kappa shape index (κ3) is 2.23. The first-order valence-corrected chi connectivity index (χ1v) is 5.88. The quantitative estimate of drug-likeness (QED) is 0.869. The number of benzene rings is 1. The third-order valence-corrected chi connectivity index (χ3v) is 3.40. The molecule has 5 heteroatoms. The van der Waals surface area contributed by atoms with Gasteiger partial charge in [0, 0.05) is 4.47 Å². The Bertz CT molecular complexity index is 498. The fourth-order valence-corrected chi connectivity index (χ4v) is 2.03. The van der Waals surface area contributed by atoms with Crippen molar-refractivity contribution in [3.05, 3.63) is 45.7 Å². The molecule has 0 spiro atoms. The standard InChI is InChI=1S/C11H10BrClN2O/c1-16-10-6-14-15(11(10)13)7-8-4-2-3-5-9(8)12/h2-6H,7H2,1H3. The Morgan fingerprint density at radius 1 is 1.44 bits per heavy atom. The van der Waals surface area contributed by atoms with Gasteiger partial charge in [0.15, 0.2) is 10.9 Å². The maximum Gasteiger partial charge on any atom is 0.175 e. The molecule has 0 unspecified atom stereocenters. The summed E-state index contributed by atoms with van der Waals surface area (Å²) in [5.74, 6) is 0.591. The molecule has 0 radical (unpaired) electrons. The molecule has 0 aliphatic carbocycles. The Balaban J connectivity index is 2.27. The molecule has 0 aliphatic rings. The summed E-state index contributed by atoms with van der Waals surface area (Å²) in [6, 6.07) is 7.96. The van der Waals surface area contributed by atoms with Crippen LogP contribution >= 0.6 is 27.5 Å². The lowest BCUT2D eigenvalue weighted by molar-refractivity contribution is 0.414. The molecule has 0 bridgehead atoms. The fourth-order valence-electron chi connectivity index (χ4n) is 1.39. The minimum atomic E-state index is 0.512. The van der Waals surface area contributed by atoms with Crippen molar-refractivity contribution in [2.45, 2.75) is 6.54 Å². The first-order valence-electron chi connectivity index (χ1n) is 4.71. The minimum absolute atomic E-state index is 0.512. The maximum atomic E-state index is 6.09. The molecule has 0 N–H and O–H groups in total. The van der Waals surface area contributed by atoms with Crippen molar-refractivity contribution in [3.63, 3.8) is 0 Å². The second-order valence-corrected chi connectivity index (χ2v) is 4.47. The van der Waals surface area contributed by atoms with Gasteiger partial charge in [0.1, 0.15) is 0 Å². The van der Waals surface area contributed by atoms with Gasteiger partial charge in [-0.25, -0.2) is 4.68 Å². The monoisotopic (exact) mass is 300 g/mol. The van der Waals surface area contributed by atoms with Crippen LogP contribution in [0.4, 0.5) is 0 Å². The number of methoxy groups -OCH3 is 1. The molecule has 16 heavy (non-hydrogen) atoms. The van der Waals surface area contributed by atoms with Gasteiger partial charge in [0.05, 0.1) is 19.9 Å². The third-order valence-electron chi connectivity index (χ3n) is 2.24. The van der Waals surface area contributed by atoms with Crippen molar-refractivity contribution in [2.24, 2.45) is 0 Å². The zero-order valence-corrected chi connectivity index (χ0v) is 11.0. The molecule has 1 aromatic heterocycles. The number of halogens is 2. The first kappa shape index (κ1) is 11.5. The highest BCUT2D eigenvalue weighted by Gasteiger charge is 2.09. The van der Waals surface area contributed by atoms with Crippen LogP contribution in [0.25, 0.3) is 0 Å². The lowest BCUT2D eigenvalue weighted by Gasteiger charge is -2.05. The molecule has 0 saturated heterocycles. The van der Waals surface area contributed by atoms with Crippen LogP contribution in [-0.2, 0) is 6.54 Å². The molecular formula is C11H10BrClN2O. The Morgan fingerprint density at radius 3 is 2.81 bits per heavy atom. The Labute approximate surface area is 107 Å². The highest BCUT2D eigenvalue weighted by Crippen LogP contribution is 2.25. The summed E-state index contributed by atoms with van der Waals surface area (Å²) in [5.41, 5.74) is 1.12. The molecule has 0 fully saturated rings. The zero-order valence-electron chi connectivity index (χ0n) is 8.65. The normalized spacial score (nSPS) is 10.4. The van der Waals surface area contributed by atoms with Crippen molar-refractivity contribution in [1.29, 1.82) is 0 Å². The number of rotatable bonds is 3. The second-order valence-electron chi connectivity index (χ2n) is 3.25. The first-order chi connectivity index (χ1) is 7.72. The molecule has 0 aliphatic heterocycles. The summed E-state index contributed by atoms with van der Waals surface area (Å²) in [7, 11) is 1.58. The summed E-state index contributed by atoms with van der Waals surface area (Å²) in [5, 5.41) is 4.67. The minimum Gasteiger partial charge on any atom is -0.492 e. The lowest BCUT2D eigenvalue weighted by atomic mass is 10.2. The summed E-state index contributed by atoms with van der Waals surface area (Å²) in [6.45, 7) is 0.615. The molecule has 1 heterocycles. The van der Waals surface area contributed by atoms with Gasteiger partial charge in [-0.3, -0.25) is 0 Å². The molecule has 2 rings (SSSR count). The SMILES string of the molecule is COc1cnn(Cc2ccccc2Br)c1Cl. The van der Waals surface area contributed by atoms with Crippen LogP contribution in [-0.4, -0.2) is 16.9 Å². The molecule has 84 valence electrons. The number of aromatic nitrogens is 2. The van der Waals surface area contributed by atoms with E-state index < -0.39 is 0 Å². The lowest BCUT2D eigenvalue weighted by Crippen LogP contribution is -2.02. The predicted octanol–water partition coefficient (Wildman–Crippen LogP) is 3.36. The predicted molar refractivity (Wildman–Crippen MR) is 67.0 cm³/mol. The van der Waals surface area contributed by atoms with Crippen LogP contribution in [0.15, 0.2) is 34.9 Å². The summed E-state index contributed by atoms with van der Waals surface area (Å²) < 4.78 is 7.80. The summed E-state index contributed by atoms with van der Waals surface area (Å²) >= 11 is 9.57. The Hall–Kier alpha value is -1.000. The number of nitrogens with zero attached hydrogens (tertiary/aromatic N) is 2. The van der Waals surface area contributed by atoms with E-state index in [1.807, 2.05) is 24.3 Å². The maximum absolute atomic E-state index is 6.09. The van der Waals surface area contributed by atoms with Crippen molar-refractivity contribution >= 4 is 27.5 Å². The van der Waals surface area contributed by atoms with E-state index in [0.29, 0.717) is 17.4 Å². The van der Waals surface area contributed by atoms with Gasteiger partial charge in [-0.05, 0) is 11.6 Å². The van der Waals surface area contributed by atoms with E-state index in [2.05, 4.69) is 21.0 Å². The van der Waals surface area contributed by atoms with Crippen LogP contribution in [0, 0.1) is 0 Å². The number of hydrogen-bond donors (Lipinski definition) is 0. The van der Waals surface area contributed by atoms with Crippen LogP contribution in [0.2, 0.25) is 5.15 Å². The number of ether oxygens (including phenoxy) is 1. The molecule has 0 amide bonds. The summed E-state index contributed by atoms with van der Waals surface area (Å²) in [6.07, 6.45) is 1.61. The molecule has 3 nitrogen and oxygen atoms in total. The van der Waals surface area contributed by atoms with Gasteiger partial charge in [-0.2, -0.15) is 5.10 Å². The average Bonchev–Trinajstić information content (AvgIpc) is 2.63. The molecule has 0 saturated carbocycles. The van der Waals surface area contributed by atoms with E-state index in [0.717, 1.165) is 10.0 Å². The average molecular weight is 302 g/mol. The van der Waals surface area contributed by atoms with Crippen LogP contribution < -0.4 is 4.74 Å². The van der Waals surface area contributed by atoms with E-state index in [4.69, 9.17) is 16.3 Å². The zero-order chi connectivity index (χ0) is 11.5. The molecular weight excluding hydrogens is 291 g/mol. The molecule has 0 atom stereocenters. The van der Waals surface area contributed by atoms with Crippen molar-refractivity contribution in [1.82, 2.24) is 9.78 Å². The Morgan fingerprint density at radius 2 is 2.19 bits per heavy atom. The highest BCUT2D eigenvalue weighted by molar-refractivity contribution is 9.10. The summed E-state index contributed by atoms with van der Waals surface area (Å²) in [4.78, 5) is 0. The Kier molecular flexibility index (Phi) is 3.51. The van der Waals surface area contributed by atoms with Crippen molar-refractivity contribution in [3.8, 4) is 5.75 Å². The van der Waals surface area contributed by atoms with Crippen LogP contribution in [0.3, 0.4) is 0 Å². The van der Waals surface area contributed by atoms with E-state index in [1.165, 1.54) is 0 Å². The van der Waals surface area contributed by atoms with Gasteiger partial charge >= 0.3 is 0 Å². The van der Waals surface area contributed by atoms with Gasteiger partial charge in [0.2, 0.25) is 0 Å². The van der Waals surface area contributed by atoms with Crippen LogP contribution in [0.5, 0.6) is 5.75 Å². The van der Waals surface area contributed by atoms with Gasteiger partial charge < -0.3 is 4.74 Å². The van der Waals surface area contributed by atoms with E-state index >= 15 is 0 Å².